The summed E-state index contributed by atoms with van der Waals surface area (Å²) < 4.78 is 10.0. The maximum atomic E-state index is 10.3. The fourth-order valence-electron chi connectivity index (χ4n) is 7.67. The lowest BCUT2D eigenvalue weighted by Crippen LogP contribution is -1.92. The molecule has 0 fully saturated rings. The van der Waals surface area contributed by atoms with Crippen molar-refractivity contribution < 1.29 is 6.48 Å². The minimum absolute atomic E-state index is 0.155. The molecule has 8 aromatic rings. The Bertz CT molecular complexity index is 3000. The maximum Gasteiger partial charge on any atom is 0.115 e. The Morgan fingerprint density at radius 2 is 0.764 bits per heavy atom. The van der Waals surface area contributed by atoms with Crippen LogP contribution in [0.2, 0.25) is 0 Å². The number of H-pyrrole nitrogens is 2. The molecule has 0 aliphatic carbocycles. The Labute approximate surface area is 319 Å². The molecular weight excluding hydrogens is 673 g/mol. The molecule has 0 atom stereocenters. The third-order valence-corrected chi connectivity index (χ3v) is 10.2. The van der Waals surface area contributed by atoms with Gasteiger partial charge in [-0.25, -0.2) is 9.97 Å². The van der Waals surface area contributed by atoms with Gasteiger partial charge in [-0.05, 0) is 82.4 Å². The molecule has 55 heavy (non-hydrogen) atoms. The van der Waals surface area contributed by atoms with Crippen molar-refractivity contribution in [2.75, 3.05) is 0 Å². The number of phenolic OH excluding ortho intramolecular Hbond substituents is 1. The summed E-state index contributed by atoms with van der Waals surface area (Å²) in [5.74, 6) is 0.155. The number of rotatable bonds is 5. The fourth-order valence-corrected chi connectivity index (χ4v) is 7.67. The van der Waals surface area contributed by atoms with Crippen LogP contribution in [0.3, 0.4) is 0 Å². The Kier molecular flexibility index (Phi) is 7.61. The van der Waals surface area contributed by atoms with Gasteiger partial charge in [-0.1, -0.05) is 133 Å². The van der Waals surface area contributed by atoms with Crippen LogP contribution in [0.1, 0.15) is 29.7 Å². The van der Waals surface area contributed by atoms with Crippen molar-refractivity contribution in [1.29, 1.82) is 0 Å². The molecule has 0 radical (unpaired) electrons. The number of hydrogen-bond donors (Lipinski definition) is 3. The molecule has 0 amide bonds. The van der Waals surface area contributed by atoms with Gasteiger partial charge in [0.15, 0.2) is 0 Å². The van der Waals surface area contributed by atoms with E-state index in [2.05, 4.69) is 107 Å². The molecule has 0 saturated carbocycles. The topological polar surface area (TPSA) is 77.6 Å². The van der Waals surface area contributed by atoms with Gasteiger partial charge in [-0.2, -0.15) is 0 Å². The van der Waals surface area contributed by atoms with Crippen LogP contribution in [0.5, 0.6) is 5.75 Å². The van der Waals surface area contributed by atoms with Crippen LogP contribution in [-0.2, 0) is 0 Å². The van der Waals surface area contributed by atoms with Gasteiger partial charge in [0.05, 0.1) is 24.1 Å². The Hall–Kier alpha value is -7.50. The van der Waals surface area contributed by atoms with E-state index in [0.29, 0.717) is 17.0 Å². The summed E-state index contributed by atoms with van der Waals surface area (Å²) in [5, 5.41) is 10.3. The van der Waals surface area contributed by atoms with Crippen molar-refractivity contribution >= 4 is 45.8 Å². The summed E-state index contributed by atoms with van der Waals surface area (Å²) in [7, 11) is 0. The number of aromatic nitrogens is 4. The monoisotopic (exact) mass is 707 g/mol. The lowest BCUT2D eigenvalue weighted by Gasteiger charge is -2.10. The molecule has 2 aliphatic heterocycles. The van der Waals surface area contributed by atoms with Crippen LogP contribution in [0.15, 0.2) is 170 Å². The molecule has 5 heterocycles. The van der Waals surface area contributed by atoms with Gasteiger partial charge >= 0.3 is 0 Å². The van der Waals surface area contributed by atoms with Crippen LogP contribution in [0, 0.1) is 0 Å². The highest BCUT2D eigenvalue weighted by atomic mass is 16.3. The molecule has 3 aromatic heterocycles. The first-order valence-corrected chi connectivity index (χ1v) is 18.3. The zero-order valence-corrected chi connectivity index (χ0v) is 29.7. The zero-order valence-electron chi connectivity index (χ0n) is 30.7. The molecule has 5 aromatic carbocycles. The first kappa shape index (κ1) is 31.1. The molecule has 0 saturated heterocycles. The van der Waals surface area contributed by atoms with Gasteiger partial charge in [0.25, 0.3) is 0 Å². The minimum Gasteiger partial charge on any atom is -0.508 e. The molecule has 3 N–H and O–H groups in total. The van der Waals surface area contributed by atoms with E-state index in [0.717, 1.165) is 83.5 Å². The third kappa shape index (κ3) is 5.85. The Morgan fingerprint density at radius 1 is 0.382 bits per heavy atom. The lowest BCUT2D eigenvalue weighted by molar-refractivity contribution is 0.475. The summed E-state index contributed by atoms with van der Waals surface area (Å²) in [6.45, 7) is 0. The zero-order chi connectivity index (χ0) is 37.6. The molecule has 0 spiro atoms. The molecule has 5 nitrogen and oxygen atoms in total. The van der Waals surface area contributed by atoms with Gasteiger partial charge in [0, 0.05) is 49.9 Å². The lowest BCUT2D eigenvalue weighted by atomic mass is 9.95. The molecule has 260 valence electrons. The predicted molar refractivity (Wildman–Crippen MR) is 227 cm³/mol. The number of fused-ring (bicyclic) bond motifs is 8. The van der Waals surface area contributed by atoms with E-state index in [1.165, 1.54) is 0 Å². The van der Waals surface area contributed by atoms with Gasteiger partial charge in [-0.15, -0.1) is 0 Å². The molecule has 0 unspecified atom stereocenters. The number of phenols is 1. The highest BCUT2D eigenvalue weighted by Crippen LogP contribution is 2.42. The van der Waals surface area contributed by atoms with E-state index < -0.39 is 0 Å². The smallest absolute Gasteiger partial charge is 0.115 e. The minimum atomic E-state index is 0.155. The summed E-state index contributed by atoms with van der Waals surface area (Å²) in [4.78, 5) is 18.5. The second-order valence-electron chi connectivity index (χ2n) is 13.6. The van der Waals surface area contributed by atoms with Crippen LogP contribution >= 0.6 is 0 Å². The number of aromatic hydroxyl groups is 1. The Balaban J connectivity index is 1.45. The molecule has 2 aliphatic rings. The standard InChI is InChI=1S/C50H34N4O/c55-37-23-21-32(22-24-37)38-31-45-48(35-17-9-3-10-18-35)43-28-27-41(52-43)46(33-13-5-1-6-14-33)39-25-26-40(51-39)47(34-15-7-2-8-16-34)42-29-30-44(53-42)49(50(38)54-45)36-19-11-4-12-20-36/h1-31,52-53,55H/i31D. The van der Waals surface area contributed by atoms with Gasteiger partial charge in [0.2, 0.25) is 0 Å². The summed E-state index contributed by atoms with van der Waals surface area (Å²) in [6, 6.07) is 56.8. The fraction of sp³-hybridized carbons (Fsp3) is 0. The largest absolute Gasteiger partial charge is 0.508 e. The van der Waals surface area contributed by atoms with Crippen LogP contribution < -0.4 is 0 Å². The van der Waals surface area contributed by atoms with E-state index in [-0.39, 0.29) is 11.8 Å². The summed E-state index contributed by atoms with van der Waals surface area (Å²) in [6.07, 6.45) is 4.20. The van der Waals surface area contributed by atoms with E-state index in [1.54, 1.807) is 12.1 Å². The quantitative estimate of drug-likeness (QED) is 0.167. The average molecular weight is 708 g/mol. The van der Waals surface area contributed by atoms with Crippen LogP contribution in [0.25, 0.3) is 90.4 Å². The van der Waals surface area contributed by atoms with E-state index in [9.17, 15) is 6.48 Å². The van der Waals surface area contributed by atoms with Crippen molar-refractivity contribution in [2.24, 2.45) is 0 Å². The summed E-state index contributed by atoms with van der Waals surface area (Å²) >= 11 is 0. The second-order valence-corrected chi connectivity index (χ2v) is 13.6. The van der Waals surface area contributed by atoms with E-state index >= 15 is 0 Å². The predicted octanol–water partition coefficient (Wildman–Crippen LogP) is 12.4. The molecule has 8 bridgehead atoms. The summed E-state index contributed by atoms with van der Waals surface area (Å²) in [5.41, 5.74) is 15.4. The highest BCUT2D eigenvalue weighted by Gasteiger charge is 2.23. The van der Waals surface area contributed by atoms with Crippen LogP contribution in [0.4, 0.5) is 0 Å². The third-order valence-electron chi connectivity index (χ3n) is 10.2. The first-order chi connectivity index (χ1) is 27.6. The van der Waals surface area contributed by atoms with Gasteiger partial charge in [0.1, 0.15) is 5.75 Å². The Morgan fingerprint density at radius 3 is 1.20 bits per heavy atom. The van der Waals surface area contributed by atoms with E-state index in [4.69, 9.17) is 9.97 Å². The van der Waals surface area contributed by atoms with Gasteiger partial charge < -0.3 is 15.1 Å². The second kappa shape index (κ2) is 13.5. The van der Waals surface area contributed by atoms with E-state index in [1.807, 2.05) is 72.8 Å². The van der Waals surface area contributed by atoms with Crippen molar-refractivity contribution in [3.05, 3.63) is 198 Å². The van der Waals surface area contributed by atoms with Crippen molar-refractivity contribution in [3.8, 4) is 50.3 Å². The first-order valence-electron chi connectivity index (χ1n) is 18.8. The number of aromatic amines is 2. The van der Waals surface area contributed by atoms with Crippen LogP contribution in [-0.4, -0.2) is 25.0 Å². The van der Waals surface area contributed by atoms with Crippen molar-refractivity contribution in [1.82, 2.24) is 19.9 Å². The highest BCUT2D eigenvalue weighted by molar-refractivity contribution is 6.05. The number of nitrogens with one attached hydrogen (secondary N) is 2. The molecular formula is C50H34N4O. The number of benzene rings is 5. The molecule has 10 rings (SSSR count). The van der Waals surface area contributed by atoms with Crippen molar-refractivity contribution in [2.45, 2.75) is 0 Å². The van der Waals surface area contributed by atoms with Gasteiger partial charge in [-0.3, -0.25) is 0 Å². The number of nitrogens with zero attached hydrogens (tertiary/aromatic N) is 2. The number of hydrogen-bond acceptors (Lipinski definition) is 3. The molecule has 5 heteroatoms. The van der Waals surface area contributed by atoms with Crippen molar-refractivity contribution in [3.63, 3.8) is 0 Å². The maximum absolute atomic E-state index is 10.3. The normalized spacial score (nSPS) is 12.5. The average Bonchev–Trinajstić information content (AvgIpc) is 4.07. The SMILES string of the molecule is [2H]C1=C(c2ccc(O)cc2)c2nc1c(-c1ccccc1)c1ccc([nH]1)c(-c1ccccc1)c1nc(c(-c3ccccc3)c3ccc([nH]3)c2-c2ccccc2)C=C1.